The van der Waals surface area contributed by atoms with Gasteiger partial charge in [-0.2, -0.15) is 5.10 Å². The SMILES string of the molecule is OCn1ccc(C2CC2)n1. The van der Waals surface area contributed by atoms with Gasteiger partial charge in [0.15, 0.2) is 0 Å². The van der Waals surface area contributed by atoms with E-state index in [-0.39, 0.29) is 6.73 Å². The normalized spacial score (nSPS) is 17.7. The third kappa shape index (κ3) is 0.926. The van der Waals surface area contributed by atoms with Crippen LogP contribution in [-0.4, -0.2) is 14.9 Å². The van der Waals surface area contributed by atoms with Gasteiger partial charge in [0.1, 0.15) is 6.73 Å². The van der Waals surface area contributed by atoms with Crippen LogP contribution in [0.2, 0.25) is 0 Å². The molecular weight excluding hydrogens is 128 g/mol. The van der Waals surface area contributed by atoms with Crippen LogP contribution in [0.1, 0.15) is 24.5 Å². The molecule has 0 atom stereocenters. The second-order valence-corrected chi connectivity index (χ2v) is 2.70. The Bertz CT molecular complexity index is 227. The molecule has 1 aliphatic rings. The summed E-state index contributed by atoms with van der Waals surface area (Å²) in [6, 6.07) is 1.98. The number of hydrogen-bond donors (Lipinski definition) is 1. The minimum absolute atomic E-state index is 0.00722. The number of aliphatic hydroxyl groups is 1. The summed E-state index contributed by atoms with van der Waals surface area (Å²) in [4.78, 5) is 0. The summed E-state index contributed by atoms with van der Waals surface area (Å²) in [6.45, 7) is -0.00722. The zero-order valence-electron chi connectivity index (χ0n) is 5.70. The predicted molar refractivity (Wildman–Crippen MR) is 36.4 cm³/mol. The monoisotopic (exact) mass is 138 g/mol. The van der Waals surface area contributed by atoms with Crippen molar-refractivity contribution in [1.82, 2.24) is 9.78 Å². The third-order valence-corrected chi connectivity index (χ3v) is 1.80. The fourth-order valence-electron chi connectivity index (χ4n) is 1.05. The second-order valence-electron chi connectivity index (χ2n) is 2.70. The van der Waals surface area contributed by atoms with Crippen LogP contribution in [0.15, 0.2) is 12.3 Å². The standard InChI is InChI=1S/C7H10N2O/c10-5-9-4-3-7(8-9)6-1-2-6/h3-4,6,10H,1-2,5H2. The first kappa shape index (κ1) is 5.92. The van der Waals surface area contributed by atoms with Gasteiger partial charge in [0.05, 0.1) is 5.69 Å². The molecule has 1 heterocycles. The van der Waals surface area contributed by atoms with E-state index in [2.05, 4.69) is 5.10 Å². The number of nitrogens with zero attached hydrogens (tertiary/aromatic N) is 2. The Kier molecular flexibility index (Phi) is 1.24. The molecule has 3 nitrogen and oxygen atoms in total. The van der Waals surface area contributed by atoms with Crippen LogP contribution in [-0.2, 0) is 6.73 Å². The molecule has 0 radical (unpaired) electrons. The molecule has 0 bridgehead atoms. The van der Waals surface area contributed by atoms with E-state index in [1.165, 1.54) is 12.8 Å². The van der Waals surface area contributed by atoms with Gasteiger partial charge in [0.25, 0.3) is 0 Å². The molecule has 0 unspecified atom stereocenters. The van der Waals surface area contributed by atoms with E-state index in [4.69, 9.17) is 5.11 Å². The van der Waals surface area contributed by atoms with Gasteiger partial charge in [-0.3, -0.25) is 0 Å². The van der Waals surface area contributed by atoms with Gasteiger partial charge in [0.2, 0.25) is 0 Å². The number of rotatable bonds is 2. The molecule has 0 saturated heterocycles. The molecule has 1 saturated carbocycles. The van der Waals surface area contributed by atoms with Crippen molar-refractivity contribution in [2.75, 3.05) is 0 Å². The first-order valence-electron chi connectivity index (χ1n) is 3.54. The van der Waals surface area contributed by atoms with E-state index < -0.39 is 0 Å². The highest BCUT2D eigenvalue weighted by Crippen LogP contribution is 2.38. The van der Waals surface area contributed by atoms with Gasteiger partial charge >= 0.3 is 0 Å². The Morgan fingerprint density at radius 3 is 3.00 bits per heavy atom. The molecule has 1 fully saturated rings. The van der Waals surface area contributed by atoms with Crippen molar-refractivity contribution in [3.8, 4) is 0 Å². The lowest BCUT2D eigenvalue weighted by Gasteiger charge is -1.90. The van der Waals surface area contributed by atoms with Crippen molar-refractivity contribution in [1.29, 1.82) is 0 Å². The quantitative estimate of drug-likeness (QED) is 0.653. The molecule has 2 rings (SSSR count). The van der Waals surface area contributed by atoms with Crippen molar-refractivity contribution in [2.45, 2.75) is 25.5 Å². The van der Waals surface area contributed by atoms with Crippen LogP contribution in [0.3, 0.4) is 0 Å². The van der Waals surface area contributed by atoms with Crippen LogP contribution in [0.5, 0.6) is 0 Å². The van der Waals surface area contributed by atoms with Gasteiger partial charge in [-0.15, -0.1) is 0 Å². The molecule has 1 aromatic heterocycles. The van der Waals surface area contributed by atoms with Gasteiger partial charge in [0, 0.05) is 12.1 Å². The molecule has 0 aliphatic heterocycles. The van der Waals surface area contributed by atoms with Gasteiger partial charge in [-0.25, -0.2) is 4.68 Å². The van der Waals surface area contributed by atoms with Crippen LogP contribution < -0.4 is 0 Å². The van der Waals surface area contributed by atoms with Crippen molar-refractivity contribution in [2.24, 2.45) is 0 Å². The summed E-state index contributed by atoms with van der Waals surface area (Å²) in [7, 11) is 0. The van der Waals surface area contributed by atoms with E-state index in [9.17, 15) is 0 Å². The minimum Gasteiger partial charge on any atom is -0.374 e. The minimum atomic E-state index is -0.00722. The molecule has 1 aliphatic carbocycles. The van der Waals surface area contributed by atoms with Crippen LogP contribution in [0, 0.1) is 0 Å². The Morgan fingerprint density at radius 1 is 1.70 bits per heavy atom. The third-order valence-electron chi connectivity index (χ3n) is 1.80. The number of aromatic nitrogens is 2. The Balaban J connectivity index is 2.19. The van der Waals surface area contributed by atoms with Crippen LogP contribution >= 0.6 is 0 Å². The maximum atomic E-state index is 8.65. The molecule has 0 spiro atoms. The largest absolute Gasteiger partial charge is 0.374 e. The van der Waals surface area contributed by atoms with E-state index in [1.807, 2.05) is 12.3 Å². The van der Waals surface area contributed by atoms with E-state index >= 15 is 0 Å². The number of hydrogen-bond acceptors (Lipinski definition) is 2. The Hall–Kier alpha value is -0.830. The maximum Gasteiger partial charge on any atom is 0.136 e. The molecular formula is C7H10N2O. The van der Waals surface area contributed by atoms with Gasteiger partial charge < -0.3 is 5.11 Å². The van der Waals surface area contributed by atoms with Crippen molar-refractivity contribution in [3.05, 3.63) is 18.0 Å². The lowest BCUT2D eigenvalue weighted by Crippen LogP contribution is -1.97. The average molecular weight is 138 g/mol. The highest BCUT2D eigenvalue weighted by Gasteiger charge is 2.25. The van der Waals surface area contributed by atoms with Gasteiger partial charge in [-0.05, 0) is 18.9 Å². The lowest BCUT2D eigenvalue weighted by atomic mass is 10.3. The van der Waals surface area contributed by atoms with Crippen LogP contribution in [0.25, 0.3) is 0 Å². The van der Waals surface area contributed by atoms with Crippen molar-refractivity contribution < 1.29 is 5.11 Å². The zero-order chi connectivity index (χ0) is 6.97. The smallest absolute Gasteiger partial charge is 0.136 e. The summed E-state index contributed by atoms with van der Waals surface area (Å²) in [5.41, 5.74) is 1.13. The van der Waals surface area contributed by atoms with E-state index in [1.54, 1.807) is 4.68 Å². The summed E-state index contributed by atoms with van der Waals surface area (Å²) >= 11 is 0. The molecule has 1 N–H and O–H groups in total. The highest BCUT2D eigenvalue weighted by atomic mass is 16.3. The molecule has 0 aromatic carbocycles. The Morgan fingerprint density at radius 2 is 2.50 bits per heavy atom. The van der Waals surface area contributed by atoms with E-state index in [0.717, 1.165) is 5.69 Å². The summed E-state index contributed by atoms with van der Waals surface area (Å²) in [6.07, 6.45) is 4.35. The average Bonchev–Trinajstić information content (AvgIpc) is 2.70. The molecule has 10 heavy (non-hydrogen) atoms. The maximum absolute atomic E-state index is 8.65. The summed E-state index contributed by atoms with van der Waals surface area (Å²) < 4.78 is 1.55. The fraction of sp³-hybridized carbons (Fsp3) is 0.571. The van der Waals surface area contributed by atoms with Crippen molar-refractivity contribution >= 4 is 0 Å². The second kappa shape index (κ2) is 2.09. The predicted octanol–water partition coefficient (Wildman–Crippen LogP) is 0.710. The fourth-order valence-corrected chi connectivity index (χ4v) is 1.05. The first-order valence-corrected chi connectivity index (χ1v) is 3.54. The zero-order valence-corrected chi connectivity index (χ0v) is 5.70. The summed E-state index contributed by atoms with van der Waals surface area (Å²) in [5.74, 6) is 0.688. The summed E-state index contributed by atoms with van der Waals surface area (Å²) in [5, 5.41) is 12.8. The van der Waals surface area contributed by atoms with Crippen LogP contribution in [0.4, 0.5) is 0 Å². The topological polar surface area (TPSA) is 38.0 Å². The number of aliphatic hydroxyl groups excluding tert-OH is 1. The highest BCUT2D eigenvalue weighted by molar-refractivity contribution is 5.12. The Labute approximate surface area is 59.3 Å². The lowest BCUT2D eigenvalue weighted by molar-refractivity contribution is 0.194. The van der Waals surface area contributed by atoms with Crippen molar-refractivity contribution in [3.63, 3.8) is 0 Å². The molecule has 54 valence electrons. The molecule has 0 amide bonds. The molecule has 1 aromatic rings. The van der Waals surface area contributed by atoms with Gasteiger partial charge in [-0.1, -0.05) is 0 Å². The van der Waals surface area contributed by atoms with E-state index in [0.29, 0.717) is 5.92 Å². The first-order chi connectivity index (χ1) is 4.90. The molecule has 3 heteroatoms.